The minimum Gasteiger partial charge on any atom is -0.310 e. The van der Waals surface area contributed by atoms with Gasteiger partial charge >= 0.3 is 0 Å². The smallest absolute Gasteiger partial charge is 0.0562 e. The second-order valence-electron chi connectivity index (χ2n) is 13.5. The topological polar surface area (TPSA) is 9.72 Å². The van der Waals surface area contributed by atoms with Gasteiger partial charge in [-0.1, -0.05) is 91.0 Å². The van der Waals surface area contributed by atoms with Gasteiger partial charge in [0.1, 0.15) is 0 Å². The number of nitrogens with zero attached hydrogens (tertiary/aromatic N) is 3. The molecule has 0 saturated carbocycles. The molecule has 0 spiro atoms. The average molecular weight is 664 g/mol. The van der Waals surface area contributed by atoms with Crippen molar-refractivity contribution in [2.45, 2.75) is 41.5 Å². The Bertz CT molecular complexity index is 2000. The lowest BCUT2D eigenvalue weighted by Crippen LogP contribution is -2.22. The molecule has 0 heterocycles. The van der Waals surface area contributed by atoms with Gasteiger partial charge in [-0.2, -0.15) is 0 Å². The fourth-order valence-corrected chi connectivity index (χ4v) is 7.44. The molecular formula is C48H45N3. The number of hydrogen-bond donors (Lipinski definition) is 0. The fourth-order valence-electron chi connectivity index (χ4n) is 7.44. The van der Waals surface area contributed by atoms with Crippen molar-refractivity contribution in [3.05, 3.63) is 197 Å². The van der Waals surface area contributed by atoms with Crippen LogP contribution in [0.1, 0.15) is 33.4 Å². The fraction of sp³-hybridized carbons (Fsp3) is 0.125. The van der Waals surface area contributed by atoms with Crippen LogP contribution in [0.3, 0.4) is 0 Å². The third kappa shape index (κ3) is 6.63. The largest absolute Gasteiger partial charge is 0.310 e. The first-order chi connectivity index (χ1) is 24.8. The van der Waals surface area contributed by atoms with Gasteiger partial charge in [0.2, 0.25) is 0 Å². The van der Waals surface area contributed by atoms with Crippen molar-refractivity contribution in [1.82, 2.24) is 0 Å². The molecule has 3 heteroatoms. The molecule has 3 nitrogen and oxygen atoms in total. The van der Waals surface area contributed by atoms with Crippen LogP contribution in [-0.4, -0.2) is 0 Å². The summed E-state index contributed by atoms with van der Waals surface area (Å²) in [6.07, 6.45) is 0. The lowest BCUT2D eigenvalue weighted by atomic mass is 9.93. The molecule has 0 fully saturated rings. The van der Waals surface area contributed by atoms with Crippen LogP contribution >= 0.6 is 0 Å². The van der Waals surface area contributed by atoms with Crippen LogP contribution in [0, 0.1) is 41.5 Å². The summed E-state index contributed by atoms with van der Waals surface area (Å²) in [7, 11) is 0. The lowest BCUT2D eigenvalue weighted by molar-refractivity contribution is 1.13. The monoisotopic (exact) mass is 663 g/mol. The van der Waals surface area contributed by atoms with E-state index in [1.807, 2.05) is 0 Å². The van der Waals surface area contributed by atoms with Crippen molar-refractivity contribution in [2.75, 3.05) is 14.7 Å². The molecule has 0 unspecified atom stereocenters. The maximum Gasteiger partial charge on any atom is 0.0562 e. The Balaban J connectivity index is 1.65. The highest BCUT2D eigenvalue weighted by atomic mass is 15.2. The summed E-state index contributed by atoms with van der Waals surface area (Å²) >= 11 is 0. The summed E-state index contributed by atoms with van der Waals surface area (Å²) in [5.74, 6) is 0. The van der Waals surface area contributed by atoms with E-state index < -0.39 is 0 Å². The van der Waals surface area contributed by atoms with Crippen molar-refractivity contribution in [3.63, 3.8) is 0 Å². The highest BCUT2D eigenvalue weighted by Crippen LogP contribution is 2.53. The van der Waals surface area contributed by atoms with Crippen LogP contribution in [0.25, 0.3) is 0 Å². The zero-order chi connectivity index (χ0) is 35.5. The minimum absolute atomic E-state index is 1.11. The van der Waals surface area contributed by atoms with Crippen molar-refractivity contribution < 1.29 is 0 Å². The highest BCUT2D eigenvalue weighted by Gasteiger charge is 2.30. The molecule has 0 aliphatic heterocycles. The standard InChI is InChI=1S/C48H45N3/c1-34-19-16-28-43(31-34)49(40-22-10-7-11-23-40)46-37(4)47(50(41-24-12-8-13-25-41)44-29-17-20-35(2)32-44)39(6)48(38(46)5)51(42-26-14-9-15-27-42)45-30-18-21-36(3)33-45/h7-33H,1-6H3. The minimum atomic E-state index is 1.11. The average Bonchev–Trinajstić information content (AvgIpc) is 3.14. The van der Waals surface area contributed by atoms with E-state index in [2.05, 4.69) is 220 Å². The summed E-state index contributed by atoms with van der Waals surface area (Å²) in [6, 6.07) is 58.9. The maximum absolute atomic E-state index is 2.45. The molecule has 0 aromatic heterocycles. The predicted octanol–water partition coefficient (Wildman–Crippen LogP) is 13.9. The molecular weight excluding hydrogens is 619 g/mol. The Labute approximate surface area is 303 Å². The van der Waals surface area contributed by atoms with Crippen LogP contribution in [0.5, 0.6) is 0 Å². The van der Waals surface area contributed by atoms with Gasteiger partial charge in [0.05, 0.1) is 17.1 Å². The van der Waals surface area contributed by atoms with Gasteiger partial charge < -0.3 is 14.7 Å². The molecule has 0 aliphatic rings. The van der Waals surface area contributed by atoms with Crippen LogP contribution in [0.2, 0.25) is 0 Å². The molecule has 7 aromatic carbocycles. The van der Waals surface area contributed by atoms with E-state index in [1.54, 1.807) is 0 Å². The Kier molecular flexibility index (Phi) is 9.46. The molecule has 51 heavy (non-hydrogen) atoms. The van der Waals surface area contributed by atoms with Crippen LogP contribution in [-0.2, 0) is 0 Å². The van der Waals surface area contributed by atoms with Crippen molar-refractivity contribution in [1.29, 1.82) is 0 Å². The molecule has 0 N–H and O–H groups in total. The second kappa shape index (κ2) is 14.4. The van der Waals surface area contributed by atoms with Crippen LogP contribution in [0.15, 0.2) is 164 Å². The first-order valence-corrected chi connectivity index (χ1v) is 17.7. The lowest BCUT2D eigenvalue weighted by Gasteiger charge is -2.38. The molecule has 0 amide bonds. The predicted molar refractivity (Wildman–Crippen MR) is 219 cm³/mol. The van der Waals surface area contributed by atoms with Crippen LogP contribution < -0.4 is 14.7 Å². The first kappa shape index (κ1) is 33.4. The number of anilines is 9. The summed E-state index contributed by atoms with van der Waals surface area (Å²) in [5.41, 5.74) is 17.4. The van der Waals surface area contributed by atoms with Gasteiger partial charge in [-0.15, -0.1) is 0 Å². The normalized spacial score (nSPS) is 10.9. The van der Waals surface area contributed by atoms with E-state index in [0.29, 0.717) is 0 Å². The zero-order valence-corrected chi connectivity index (χ0v) is 30.4. The van der Waals surface area contributed by atoms with E-state index in [1.165, 1.54) is 33.4 Å². The van der Waals surface area contributed by atoms with Crippen LogP contribution in [0.4, 0.5) is 51.2 Å². The Morgan fingerprint density at radius 1 is 0.255 bits per heavy atom. The molecule has 0 aliphatic carbocycles. The molecule has 0 bridgehead atoms. The maximum atomic E-state index is 2.45. The van der Waals surface area contributed by atoms with Gasteiger partial charge in [-0.05, 0) is 148 Å². The number of hydrogen-bond acceptors (Lipinski definition) is 3. The van der Waals surface area contributed by atoms with Gasteiger partial charge in [0.25, 0.3) is 0 Å². The van der Waals surface area contributed by atoms with E-state index in [9.17, 15) is 0 Å². The third-order valence-electron chi connectivity index (χ3n) is 9.62. The van der Waals surface area contributed by atoms with Gasteiger partial charge in [-0.25, -0.2) is 0 Å². The highest BCUT2D eigenvalue weighted by molar-refractivity contribution is 5.97. The quantitative estimate of drug-likeness (QED) is 0.152. The van der Waals surface area contributed by atoms with Crippen molar-refractivity contribution >= 4 is 51.2 Å². The first-order valence-electron chi connectivity index (χ1n) is 17.7. The number of para-hydroxylation sites is 3. The SMILES string of the molecule is Cc1cccc(N(c2ccccc2)c2c(C)c(N(c3ccccc3)c3cccc(C)c3)c(C)c(N(c3ccccc3)c3cccc(C)c3)c2C)c1. The van der Waals surface area contributed by atoms with Gasteiger partial charge in [-0.3, -0.25) is 0 Å². The third-order valence-corrected chi connectivity index (χ3v) is 9.62. The van der Waals surface area contributed by atoms with Crippen molar-refractivity contribution in [2.24, 2.45) is 0 Å². The molecule has 0 saturated heterocycles. The van der Waals surface area contributed by atoms with E-state index in [-0.39, 0.29) is 0 Å². The van der Waals surface area contributed by atoms with Gasteiger partial charge in [0, 0.05) is 34.1 Å². The Morgan fingerprint density at radius 3 is 0.725 bits per heavy atom. The Hall–Kier alpha value is -6.06. The summed E-state index contributed by atoms with van der Waals surface area (Å²) in [4.78, 5) is 7.34. The van der Waals surface area contributed by atoms with E-state index >= 15 is 0 Å². The molecule has 0 radical (unpaired) electrons. The second-order valence-corrected chi connectivity index (χ2v) is 13.5. The van der Waals surface area contributed by atoms with E-state index in [0.717, 1.165) is 51.2 Å². The van der Waals surface area contributed by atoms with Crippen molar-refractivity contribution in [3.8, 4) is 0 Å². The number of aryl methyl sites for hydroxylation is 3. The summed E-state index contributed by atoms with van der Waals surface area (Å²) < 4.78 is 0. The Morgan fingerprint density at radius 2 is 0.490 bits per heavy atom. The zero-order valence-electron chi connectivity index (χ0n) is 30.4. The van der Waals surface area contributed by atoms with E-state index in [4.69, 9.17) is 0 Å². The number of benzene rings is 7. The molecule has 7 rings (SSSR count). The molecule has 252 valence electrons. The van der Waals surface area contributed by atoms with Gasteiger partial charge in [0.15, 0.2) is 0 Å². The molecule has 0 atom stereocenters. The summed E-state index contributed by atoms with van der Waals surface area (Å²) in [5, 5.41) is 0. The molecule has 7 aromatic rings. The number of rotatable bonds is 9. The summed E-state index contributed by atoms with van der Waals surface area (Å²) in [6.45, 7) is 13.4.